The average molecular weight is 328 g/mol. The summed E-state index contributed by atoms with van der Waals surface area (Å²) >= 11 is 5.93. The molecule has 1 amide bonds. The minimum absolute atomic E-state index is 0.0835. The zero-order valence-corrected chi connectivity index (χ0v) is 13.4. The molecule has 0 aromatic heterocycles. The van der Waals surface area contributed by atoms with Crippen LogP contribution >= 0.6 is 11.6 Å². The molecule has 0 aliphatic carbocycles. The molecule has 1 atom stereocenters. The number of aliphatic carboxylic acids is 1. The summed E-state index contributed by atoms with van der Waals surface area (Å²) in [6.07, 6.45) is 0.260. The van der Waals surface area contributed by atoms with Gasteiger partial charge in [-0.1, -0.05) is 31.5 Å². The molecular weight excluding hydrogens is 309 g/mol. The van der Waals surface area contributed by atoms with Gasteiger partial charge in [0.1, 0.15) is 5.82 Å². The SMILES string of the molecule is CC(C)C1(C(=O)O)CCN(C(=O)Cc2c(F)cccc2Cl)C1. The van der Waals surface area contributed by atoms with E-state index in [0.29, 0.717) is 13.0 Å². The van der Waals surface area contributed by atoms with E-state index in [4.69, 9.17) is 11.6 Å². The number of likely N-dealkylation sites (tertiary alicyclic amines) is 1. The summed E-state index contributed by atoms with van der Waals surface area (Å²) in [7, 11) is 0. The Morgan fingerprint density at radius 3 is 2.64 bits per heavy atom. The minimum atomic E-state index is -0.922. The van der Waals surface area contributed by atoms with Crippen LogP contribution < -0.4 is 0 Å². The molecule has 0 radical (unpaired) electrons. The topological polar surface area (TPSA) is 57.6 Å². The fraction of sp³-hybridized carbons (Fsp3) is 0.500. The number of carbonyl (C=O) groups is 2. The first kappa shape index (κ1) is 16.7. The maximum atomic E-state index is 13.8. The van der Waals surface area contributed by atoms with Gasteiger partial charge in [-0.05, 0) is 24.5 Å². The van der Waals surface area contributed by atoms with Gasteiger partial charge < -0.3 is 10.0 Å². The maximum absolute atomic E-state index is 13.8. The Balaban J connectivity index is 2.14. The lowest BCUT2D eigenvalue weighted by Crippen LogP contribution is -2.41. The highest BCUT2D eigenvalue weighted by atomic mass is 35.5. The van der Waals surface area contributed by atoms with Crippen molar-refractivity contribution in [2.75, 3.05) is 13.1 Å². The molecule has 1 fully saturated rings. The lowest BCUT2D eigenvalue weighted by molar-refractivity contribution is -0.151. The van der Waals surface area contributed by atoms with E-state index in [1.807, 2.05) is 13.8 Å². The van der Waals surface area contributed by atoms with Crippen molar-refractivity contribution in [1.29, 1.82) is 0 Å². The van der Waals surface area contributed by atoms with Gasteiger partial charge in [-0.25, -0.2) is 4.39 Å². The highest BCUT2D eigenvalue weighted by molar-refractivity contribution is 6.31. The Kier molecular flexibility index (Phi) is 4.75. The van der Waals surface area contributed by atoms with Gasteiger partial charge in [0, 0.05) is 23.7 Å². The molecule has 1 N–H and O–H groups in total. The molecule has 1 aromatic rings. The Labute approximate surface area is 133 Å². The van der Waals surface area contributed by atoms with Crippen molar-refractivity contribution in [3.05, 3.63) is 34.6 Å². The second-order valence-corrected chi connectivity index (χ2v) is 6.47. The van der Waals surface area contributed by atoms with E-state index in [2.05, 4.69) is 0 Å². The minimum Gasteiger partial charge on any atom is -0.481 e. The van der Waals surface area contributed by atoms with Crippen LogP contribution in [0.3, 0.4) is 0 Å². The molecule has 1 saturated heterocycles. The van der Waals surface area contributed by atoms with Crippen molar-refractivity contribution in [2.45, 2.75) is 26.7 Å². The number of carboxylic acid groups (broad SMARTS) is 1. The van der Waals surface area contributed by atoms with Crippen molar-refractivity contribution < 1.29 is 19.1 Å². The van der Waals surface area contributed by atoms with Crippen LogP contribution in [0.1, 0.15) is 25.8 Å². The Morgan fingerprint density at radius 2 is 2.14 bits per heavy atom. The number of halogens is 2. The van der Waals surface area contributed by atoms with Crippen molar-refractivity contribution >= 4 is 23.5 Å². The number of nitrogens with zero attached hydrogens (tertiary/aromatic N) is 1. The largest absolute Gasteiger partial charge is 0.481 e. The van der Waals surface area contributed by atoms with E-state index < -0.39 is 17.2 Å². The maximum Gasteiger partial charge on any atom is 0.311 e. The first-order valence-corrected chi connectivity index (χ1v) is 7.60. The van der Waals surface area contributed by atoms with E-state index in [0.717, 1.165) is 0 Å². The standard InChI is InChI=1S/C16H19ClFNO3/c1-10(2)16(15(21)22)6-7-19(9-16)14(20)8-11-12(17)4-3-5-13(11)18/h3-5,10H,6-9H2,1-2H3,(H,21,22). The van der Waals surface area contributed by atoms with Crippen LogP contribution in [-0.4, -0.2) is 35.0 Å². The van der Waals surface area contributed by atoms with Gasteiger partial charge in [0.2, 0.25) is 5.91 Å². The van der Waals surface area contributed by atoms with Gasteiger partial charge in [-0.2, -0.15) is 0 Å². The van der Waals surface area contributed by atoms with Gasteiger partial charge in [-0.3, -0.25) is 9.59 Å². The molecule has 22 heavy (non-hydrogen) atoms. The van der Waals surface area contributed by atoms with E-state index in [-0.39, 0.29) is 35.4 Å². The monoisotopic (exact) mass is 327 g/mol. The zero-order chi connectivity index (χ0) is 16.5. The third-order valence-corrected chi connectivity index (χ3v) is 4.93. The Bertz CT molecular complexity index is 585. The van der Waals surface area contributed by atoms with E-state index in [9.17, 15) is 19.1 Å². The molecule has 1 aliphatic heterocycles. The summed E-state index contributed by atoms with van der Waals surface area (Å²) in [4.78, 5) is 25.4. The Hall–Kier alpha value is -1.62. The van der Waals surface area contributed by atoms with Gasteiger partial charge in [-0.15, -0.1) is 0 Å². The molecule has 1 aromatic carbocycles. The van der Waals surface area contributed by atoms with Crippen LogP contribution in [0.4, 0.5) is 4.39 Å². The molecule has 0 bridgehead atoms. The molecular formula is C16H19ClFNO3. The third-order valence-electron chi connectivity index (χ3n) is 4.57. The lowest BCUT2D eigenvalue weighted by Gasteiger charge is -2.28. The zero-order valence-electron chi connectivity index (χ0n) is 12.6. The predicted octanol–water partition coefficient (Wildman–Crippen LogP) is 2.98. The number of carbonyl (C=O) groups excluding carboxylic acids is 1. The van der Waals surface area contributed by atoms with Crippen LogP contribution in [0.5, 0.6) is 0 Å². The average Bonchev–Trinajstić information content (AvgIpc) is 2.89. The van der Waals surface area contributed by atoms with Crippen molar-refractivity contribution in [2.24, 2.45) is 11.3 Å². The highest BCUT2D eigenvalue weighted by Crippen LogP contribution is 2.38. The summed E-state index contributed by atoms with van der Waals surface area (Å²) in [6.45, 7) is 4.21. The second kappa shape index (κ2) is 6.24. The number of hydrogen-bond acceptors (Lipinski definition) is 2. The summed E-state index contributed by atoms with van der Waals surface area (Å²) in [5.74, 6) is -1.79. The van der Waals surface area contributed by atoms with E-state index in [1.165, 1.54) is 23.1 Å². The first-order chi connectivity index (χ1) is 10.3. The smallest absolute Gasteiger partial charge is 0.311 e. The molecule has 2 rings (SSSR count). The number of amides is 1. The molecule has 1 unspecified atom stereocenters. The molecule has 1 heterocycles. The fourth-order valence-corrected chi connectivity index (χ4v) is 3.13. The Morgan fingerprint density at radius 1 is 1.45 bits per heavy atom. The quantitative estimate of drug-likeness (QED) is 0.925. The van der Waals surface area contributed by atoms with Crippen LogP contribution in [0, 0.1) is 17.2 Å². The normalized spacial score (nSPS) is 21.4. The second-order valence-electron chi connectivity index (χ2n) is 6.06. The molecule has 4 nitrogen and oxygen atoms in total. The van der Waals surface area contributed by atoms with Gasteiger partial charge in [0.05, 0.1) is 11.8 Å². The van der Waals surface area contributed by atoms with Gasteiger partial charge in [0.15, 0.2) is 0 Å². The van der Waals surface area contributed by atoms with E-state index in [1.54, 1.807) is 0 Å². The summed E-state index contributed by atoms with van der Waals surface area (Å²) in [6, 6.07) is 4.27. The number of carboxylic acids is 1. The van der Waals surface area contributed by atoms with Crippen LogP contribution in [0.15, 0.2) is 18.2 Å². The van der Waals surface area contributed by atoms with Crippen LogP contribution in [0.2, 0.25) is 5.02 Å². The van der Waals surface area contributed by atoms with Crippen LogP contribution in [-0.2, 0) is 16.0 Å². The number of benzene rings is 1. The van der Waals surface area contributed by atoms with Crippen molar-refractivity contribution in [1.82, 2.24) is 4.90 Å². The molecule has 6 heteroatoms. The van der Waals surface area contributed by atoms with Gasteiger partial charge in [0.25, 0.3) is 0 Å². The summed E-state index contributed by atoms with van der Waals surface area (Å²) in [5, 5.41) is 9.70. The number of rotatable bonds is 4. The van der Waals surface area contributed by atoms with Crippen molar-refractivity contribution in [3.8, 4) is 0 Å². The molecule has 0 spiro atoms. The van der Waals surface area contributed by atoms with Crippen molar-refractivity contribution in [3.63, 3.8) is 0 Å². The summed E-state index contributed by atoms with van der Waals surface area (Å²) < 4.78 is 13.8. The molecule has 1 aliphatic rings. The number of hydrogen-bond donors (Lipinski definition) is 1. The van der Waals surface area contributed by atoms with Crippen LogP contribution in [0.25, 0.3) is 0 Å². The third kappa shape index (κ3) is 2.95. The summed E-state index contributed by atoms with van der Waals surface area (Å²) in [5.41, 5.74) is -0.763. The predicted molar refractivity (Wildman–Crippen MR) is 81.2 cm³/mol. The van der Waals surface area contributed by atoms with E-state index >= 15 is 0 Å². The lowest BCUT2D eigenvalue weighted by atomic mass is 9.76. The van der Waals surface area contributed by atoms with Gasteiger partial charge >= 0.3 is 5.97 Å². The highest BCUT2D eigenvalue weighted by Gasteiger charge is 2.48. The first-order valence-electron chi connectivity index (χ1n) is 7.22. The fourth-order valence-electron chi connectivity index (χ4n) is 2.90. The molecule has 0 saturated carbocycles. The molecule has 120 valence electrons.